The van der Waals surface area contributed by atoms with E-state index in [2.05, 4.69) is 10.3 Å². The number of aliphatic hydroxyl groups excluding tert-OH is 2. The second kappa shape index (κ2) is 9.84. The molecular weight excluding hydrogens is 429 g/mol. The number of aromatic nitrogens is 1. The molecule has 4 rings (SSSR count). The minimum Gasteiger partial charge on any atom is -0.487 e. The number of aliphatic hydroxyl groups is 2. The SMILES string of the molecule is Cc1cc(-c2ccnc(NC(=O)[C@@H]3C[C@@H]3CO)c2)ccc1O[C@H]1CCN(C(=O)CO)C[C@H]1F. The molecule has 3 N–H and O–H groups in total. The van der Waals surface area contributed by atoms with E-state index in [-0.39, 0.29) is 30.9 Å². The quantitative estimate of drug-likeness (QED) is 0.586. The van der Waals surface area contributed by atoms with Gasteiger partial charge in [0.05, 0.1) is 6.54 Å². The first-order valence-corrected chi connectivity index (χ1v) is 11.1. The summed E-state index contributed by atoms with van der Waals surface area (Å²) < 4.78 is 20.5. The number of hydrogen-bond acceptors (Lipinski definition) is 6. The van der Waals surface area contributed by atoms with Crippen LogP contribution in [0.2, 0.25) is 0 Å². The number of likely N-dealkylation sites (tertiary alicyclic amines) is 1. The Morgan fingerprint density at radius 1 is 1.24 bits per heavy atom. The van der Waals surface area contributed by atoms with Crippen LogP contribution in [0.15, 0.2) is 36.5 Å². The average molecular weight is 458 g/mol. The van der Waals surface area contributed by atoms with Crippen LogP contribution in [-0.4, -0.2) is 70.5 Å². The fraction of sp³-hybridized carbons (Fsp3) is 0.458. The largest absolute Gasteiger partial charge is 0.487 e. The first kappa shape index (κ1) is 23.1. The Hall–Kier alpha value is -3.04. The van der Waals surface area contributed by atoms with Gasteiger partial charge in [-0.25, -0.2) is 9.37 Å². The lowest BCUT2D eigenvalue weighted by Crippen LogP contribution is -2.50. The van der Waals surface area contributed by atoms with Crippen molar-refractivity contribution in [2.75, 3.05) is 31.6 Å². The number of halogens is 1. The van der Waals surface area contributed by atoms with Crippen molar-refractivity contribution < 1.29 is 28.9 Å². The lowest BCUT2D eigenvalue weighted by molar-refractivity contribution is -0.138. The maximum atomic E-state index is 14.6. The Morgan fingerprint density at radius 3 is 2.70 bits per heavy atom. The van der Waals surface area contributed by atoms with Gasteiger partial charge >= 0.3 is 0 Å². The molecule has 0 radical (unpaired) electrons. The third-order valence-corrected chi connectivity index (χ3v) is 6.26. The molecule has 1 saturated carbocycles. The van der Waals surface area contributed by atoms with Crippen LogP contribution in [0.25, 0.3) is 11.1 Å². The molecule has 9 heteroatoms. The molecule has 176 valence electrons. The van der Waals surface area contributed by atoms with Gasteiger partial charge in [0.25, 0.3) is 0 Å². The smallest absolute Gasteiger partial charge is 0.248 e. The zero-order valence-corrected chi connectivity index (χ0v) is 18.4. The number of ether oxygens (including phenoxy) is 1. The van der Waals surface area contributed by atoms with Crippen LogP contribution in [0.4, 0.5) is 10.2 Å². The molecule has 1 saturated heterocycles. The van der Waals surface area contributed by atoms with Crippen molar-refractivity contribution in [3.8, 4) is 16.9 Å². The molecule has 0 bridgehead atoms. The third-order valence-electron chi connectivity index (χ3n) is 6.26. The van der Waals surface area contributed by atoms with Crippen LogP contribution in [0.1, 0.15) is 18.4 Å². The highest BCUT2D eigenvalue weighted by Gasteiger charge is 2.42. The van der Waals surface area contributed by atoms with E-state index in [0.717, 1.165) is 16.7 Å². The monoisotopic (exact) mass is 457 g/mol. The topological polar surface area (TPSA) is 112 Å². The number of alkyl halides is 1. The lowest BCUT2D eigenvalue weighted by Gasteiger charge is -2.34. The number of nitrogens with zero attached hydrogens (tertiary/aromatic N) is 2. The normalized spacial score (nSPS) is 24.3. The number of carbonyl (C=O) groups is 2. The zero-order valence-electron chi connectivity index (χ0n) is 18.4. The molecular formula is C24H28FN3O5. The molecule has 0 spiro atoms. The van der Waals surface area contributed by atoms with Gasteiger partial charge in [0.15, 0.2) is 6.17 Å². The van der Waals surface area contributed by atoms with Crippen LogP contribution < -0.4 is 10.1 Å². The predicted molar refractivity (Wildman–Crippen MR) is 119 cm³/mol. The number of anilines is 1. The third kappa shape index (κ3) is 5.31. The van der Waals surface area contributed by atoms with E-state index in [1.54, 1.807) is 18.3 Å². The van der Waals surface area contributed by atoms with E-state index in [1.165, 1.54) is 4.90 Å². The summed E-state index contributed by atoms with van der Waals surface area (Å²) in [5.74, 6) is 0.283. The second-order valence-electron chi connectivity index (χ2n) is 8.64. The van der Waals surface area contributed by atoms with Crippen molar-refractivity contribution in [1.29, 1.82) is 0 Å². The predicted octanol–water partition coefficient (Wildman–Crippen LogP) is 1.93. The van der Waals surface area contributed by atoms with Crippen molar-refractivity contribution in [1.82, 2.24) is 9.88 Å². The molecule has 2 heterocycles. The van der Waals surface area contributed by atoms with Crippen molar-refractivity contribution in [2.24, 2.45) is 11.8 Å². The van der Waals surface area contributed by atoms with Gasteiger partial charge in [0, 0.05) is 31.7 Å². The summed E-state index contributed by atoms with van der Waals surface area (Å²) in [6, 6.07) is 9.21. The second-order valence-corrected chi connectivity index (χ2v) is 8.64. The highest BCUT2D eigenvalue weighted by atomic mass is 19.1. The van der Waals surface area contributed by atoms with Gasteiger partial charge in [-0.1, -0.05) is 6.07 Å². The molecule has 0 unspecified atom stereocenters. The Labute approximate surface area is 191 Å². The average Bonchev–Trinajstić information content (AvgIpc) is 3.61. The van der Waals surface area contributed by atoms with E-state index in [1.807, 2.05) is 25.1 Å². The molecule has 33 heavy (non-hydrogen) atoms. The summed E-state index contributed by atoms with van der Waals surface area (Å²) in [5.41, 5.74) is 2.60. The molecule has 2 aromatic rings. The molecule has 4 atom stereocenters. The summed E-state index contributed by atoms with van der Waals surface area (Å²) in [7, 11) is 0. The van der Waals surface area contributed by atoms with Crippen molar-refractivity contribution in [2.45, 2.75) is 32.0 Å². The summed E-state index contributed by atoms with van der Waals surface area (Å²) in [4.78, 5) is 29.3. The van der Waals surface area contributed by atoms with Gasteiger partial charge in [-0.05, 0) is 60.2 Å². The highest BCUT2D eigenvalue weighted by Crippen LogP contribution is 2.38. The van der Waals surface area contributed by atoms with E-state index in [9.17, 15) is 14.0 Å². The summed E-state index contributed by atoms with van der Waals surface area (Å²) in [6.45, 7) is 1.52. The van der Waals surface area contributed by atoms with Crippen LogP contribution in [-0.2, 0) is 9.59 Å². The minimum absolute atomic E-state index is 0.0162. The van der Waals surface area contributed by atoms with Gasteiger partial charge in [-0.15, -0.1) is 0 Å². The van der Waals surface area contributed by atoms with E-state index < -0.39 is 24.8 Å². The number of amides is 2. The number of pyridine rings is 1. The summed E-state index contributed by atoms with van der Waals surface area (Å²) in [6.07, 6.45) is 0.663. The molecule has 1 aliphatic carbocycles. The maximum Gasteiger partial charge on any atom is 0.248 e. The number of nitrogens with one attached hydrogen (secondary N) is 1. The lowest BCUT2D eigenvalue weighted by atomic mass is 10.0. The maximum absolute atomic E-state index is 14.6. The summed E-state index contributed by atoms with van der Waals surface area (Å²) >= 11 is 0. The van der Waals surface area contributed by atoms with Gasteiger partial charge < -0.3 is 25.2 Å². The molecule has 1 aromatic carbocycles. The first-order chi connectivity index (χ1) is 15.9. The van der Waals surface area contributed by atoms with Crippen LogP contribution in [0.5, 0.6) is 5.75 Å². The van der Waals surface area contributed by atoms with Crippen molar-refractivity contribution in [3.63, 3.8) is 0 Å². The molecule has 1 aromatic heterocycles. The highest BCUT2D eigenvalue weighted by molar-refractivity contribution is 5.94. The fourth-order valence-corrected chi connectivity index (χ4v) is 4.13. The molecule has 2 amide bonds. The van der Waals surface area contributed by atoms with E-state index >= 15 is 0 Å². The van der Waals surface area contributed by atoms with Crippen LogP contribution in [0, 0.1) is 18.8 Å². The number of benzene rings is 1. The van der Waals surface area contributed by atoms with Gasteiger partial charge in [0.1, 0.15) is 24.3 Å². The van der Waals surface area contributed by atoms with Crippen LogP contribution >= 0.6 is 0 Å². The molecule has 8 nitrogen and oxygen atoms in total. The molecule has 2 fully saturated rings. The van der Waals surface area contributed by atoms with Gasteiger partial charge in [-0.2, -0.15) is 0 Å². The Kier molecular flexibility index (Phi) is 6.90. The van der Waals surface area contributed by atoms with Crippen LogP contribution in [0.3, 0.4) is 0 Å². The first-order valence-electron chi connectivity index (χ1n) is 11.1. The fourth-order valence-electron chi connectivity index (χ4n) is 4.13. The van der Waals surface area contributed by atoms with E-state index in [0.29, 0.717) is 31.0 Å². The molecule has 2 aliphatic rings. The standard InChI is InChI=1S/C24H28FN3O5/c1-14-8-15(16-4-6-26-22(10-16)27-24(32)18-9-17(18)12-29)2-3-20(14)33-21-5-7-28(11-19(21)25)23(31)13-30/h2-4,6,8,10,17-19,21,29-30H,5,7,9,11-13H2,1H3,(H,26,27,32)/t17-,18-,19-,21+/m1/s1. The van der Waals surface area contributed by atoms with Crippen molar-refractivity contribution >= 4 is 17.6 Å². The Balaban J connectivity index is 1.41. The minimum atomic E-state index is -1.34. The number of piperidine rings is 1. The molecule has 1 aliphatic heterocycles. The zero-order chi connectivity index (χ0) is 23.5. The van der Waals surface area contributed by atoms with Crippen molar-refractivity contribution in [3.05, 3.63) is 42.1 Å². The number of hydrogen-bond donors (Lipinski definition) is 3. The van der Waals surface area contributed by atoms with E-state index in [4.69, 9.17) is 14.9 Å². The number of rotatable bonds is 7. The number of carbonyl (C=O) groups excluding carboxylic acids is 2. The number of aryl methyl sites for hydroxylation is 1. The Bertz CT molecular complexity index is 1030. The van der Waals surface area contributed by atoms with Gasteiger partial charge in [-0.3, -0.25) is 9.59 Å². The Morgan fingerprint density at radius 2 is 2.03 bits per heavy atom. The summed E-state index contributed by atoms with van der Waals surface area (Å²) in [5, 5.41) is 20.9. The van der Waals surface area contributed by atoms with Gasteiger partial charge in [0.2, 0.25) is 11.8 Å².